The fraction of sp³-hybridized carbons (Fsp3) is 0.333. The van der Waals surface area contributed by atoms with E-state index >= 15 is 0 Å². The molecule has 0 aliphatic heterocycles. The minimum atomic E-state index is -0.640. The quantitative estimate of drug-likeness (QED) is 0.599. The molecule has 1 atom stereocenters. The lowest BCUT2D eigenvalue weighted by Gasteiger charge is -2.23. The van der Waals surface area contributed by atoms with Crippen LogP contribution < -0.4 is 10.6 Å². The van der Waals surface area contributed by atoms with Gasteiger partial charge in [0.05, 0.1) is 17.7 Å². The molecule has 0 heterocycles. The number of nitrogens with zero attached hydrogens (tertiary/aromatic N) is 1. The van der Waals surface area contributed by atoms with Gasteiger partial charge in [-0.05, 0) is 47.7 Å². The number of hydrogen-bond donors (Lipinski definition) is 2. The van der Waals surface area contributed by atoms with Crippen LogP contribution in [0.4, 0.5) is 5.69 Å². The van der Waals surface area contributed by atoms with E-state index in [-0.39, 0.29) is 29.9 Å². The number of carbonyl (C=O) groups excluding carboxylic acids is 3. The average molecular weight is 421 g/mol. The third-order valence-corrected chi connectivity index (χ3v) is 4.71. The lowest BCUT2D eigenvalue weighted by Crippen LogP contribution is -2.35. The minimum Gasteiger partial charge on any atom is -0.452 e. The van der Waals surface area contributed by atoms with Gasteiger partial charge in [0.25, 0.3) is 5.91 Å². The first kappa shape index (κ1) is 23.6. The van der Waals surface area contributed by atoms with Crippen LogP contribution in [0.3, 0.4) is 0 Å². The minimum absolute atomic E-state index is 0.163. The molecule has 2 amide bonds. The molecule has 0 spiro atoms. The van der Waals surface area contributed by atoms with E-state index in [1.165, 1.54) is 29.8 Å². The number of anilines is 1. The summed E-state index contributed by atoms with van der Waals surface area (Å²) < 4.78 is 5.12. The van der Waals surface area contributed by atoms with Crippen molar-refractivity contribution in [3.05, 3.63) is 65.2 Å². The van der Waals surface area contributed by atoms with Crippen molar-refractivity contribution >= 4 is 23.5 Å². The molecule has 0 bridgehead atoms. The van der Waals surface area contributed by atoms with Gasteiger partial charge in [-0.3, -0.25) is 9.59 Å². The Morgan fingerprint density at radius 1 is 1.00 bits per heavy atom. The van der Waals surface area contributed by atoms with Crippen molar-refractivity contribution in [3.63, 3.8) is 0 Å². The van der Waals surface area contributed by atoms with Crippen LogP contribution in [0.15, 0.2) is 48.5 Å². The fourth-order valence-corrected chi connectivity index (χ4v) is 2.99. The maximum atomic E-state index is 12.4. The fourth-order valence-electron chi connectivity index (χ4n) is 2.99. The monoisotopic (exact) mass is 421 g/mol. The van der Waals surface area contributed by atoms with E-state index in [1.807, 2.05) is 38.1 Å². The smallest absolute Gasteiger partial charge is 0.338 e. The first-order valence-electron chi connectivity index (χ1n) is 10.2. The Morgan fingerprint density at radius 2 is 1.65 bits per heavy atom. The summed E-state index contributed by atoms with van der Waals surface area (Å²) in [5.74, 6) is -1.29. The van der Waals surface area contributed by atoms with Crippen LogP contribution in [0.2, 0.25) is 0 Å². The van der Waals surface area contributed by atoms with Crippen LogP contribution in [0, 0.1) is 17.2 Å². The Labute approximate surface area is 182 Å². The maximum absolute atomic E-state index is 12.4. The molecule has 0 aromatic heterocycles. The summed E-state index contributed by atoms with van der Waals surface area (Å²) in [6.45, 7) is 5.72. The van der Waals surface area contributed by atoms with Crippen molar-refractivity contribution < 1.29 is 19.1 Å². The van der Waals surface area contributed by atoms with Crippen molar-refractivity contribution in [2.24, 2.45) is 5.92 Å². The number of amides is 2. The molecule has 162 valence electrons. The van der Waals surface area contributed by atoms with Crippen LogP contribution >= 0.6 is 0 Å². The Kier molecular flexibility index (Phi) is 8.77. The van der Waals surface area contributed by atoms with Gasteiger partial charge in [0.2, 0.25) is 5.91 Å². The largest absolute Gasteiger partial charge is 0.452 e. The van der Waals surface area contributed by atoms with Crippen molar-refractivity contribution in [2.75, 3.05) is 11.9 Å². The van der Waals surface area contributed by atoms with Gasteiger partial charge < -0.3 is 15.4 Å². The Hall–Kier alpha value is -3.66. The summed E-state index contributed by atoms with van der Waals surface area (Å²) in [6.07, 6.45) is 0.696. The van der Waals surface area contributed by atoms with Crippen molar-refractivity contribution in [1.29, 1.82) is 5.26 Å². The molecule has 2 N–H and O–H groups in total. The zero-order valence-electron chi connectivity index (χ0n) is 18.0. The summed E-state index contributed by atoms with van der Waals surface area (Å²) in [6, 6.07) is 15.7. The maximum Gasteiger partial charge on any atom is 0.338 e. The van der Waals surface area contributed by atoms with E-state index in [1.54, 1.807) is 6.07 Å². The summed E-state index contributed by atoms with van der Waals surface area (Å²) in [5.41, 5.74) is 2.94. The summed E-state index contributed by atoms with van der Waals surface area (Å²) in [5, 5.41) is 14.0. The average Bonchev–Trinajstić information content (AvgIpc) is 2.76. The molecular formula is C24H27N3O4. The molecule has 2 rings (SSSR count). The first-order chi connectivity index (χ1) is 14.8. The van der Waals surface area contributed by atoms with E-state index in [0.29, 0.717) is 5.69 Å². The molecule has 0 aliphatic rings. The van der Waals surface area contributed by atoms with Crippen LogP contribution in [-0.2, 0) is 20.7 Å². The highest BCUT2D eigenvalue weighted by Gasteiger charge is 2.19. The molecule has 0 fully saturated rings. The lowest BCUT2D eigenvalue weighted by atomic mass is 9.95. The molecule has 0 unspecified atom stereocenters. The van der Waals surface area contributed by atoms with Gasteiger partial charge in [-0.25, -0.2) is 4.79 Å². The van der Waals surface area contributed by atoms with Crippen molar-refractivity contribution in [2.45, 2.75) is 39.7 Å². The molecule has 7 nitrogen and oxygen atoms in total. The number of rotatable bonds is 9. The van der Waals surface area contributed by atoms with E-state index < -0.39 is 18.5 Å². The third-order valence-electron chi connectivity index (χ3n) is 4.71. The summed E-state index contributed by atoms with van der Waals surface area (Å²) in [7, 11) is 0. The second-order valence-corrected chi connectivity index (χ2v) is 7.42. The predicted octanol–water partition coefficient (Wildman–Crippen LogP) is 3.77. The van der Waals surface area contributed by atoms with E-state index in [2.05, 4.69) is 17.6 Å². The highest BCUT2D eigenvalue weighted by molar-refractivity contribution is 5.94. The van der Waals surface area contributed by atoms with Crippen LogP contribution in [-0.4, -0.2) is 24.4 Å². The molecule has 7 heteroatoms. The van der Waals surface area contributed by atoms with Gasteiger partial charge in [0.1, 0.15) is 6.42 Å². The Bertz CT molecular complexity index is 944. The van der Waals surface area contributed by atoms with Gasteiger partial charge >= 0.3 is 5.97 Å². The number of nitriles is 1. The second kappa shape index (κ2) is 11.5. The zero-order valence-corrected chi connectivity index (χ0v) is 18.0. The van der Waals surface area contributed by atoms with Crippen LogP contribution in [0.25, 0.3) is 0 Å². The number of nitrogens with one attached hydrogen (secondary N) is 2. The predicted molar refractivity (Wildman–Crippen MR) is 117 cm³/mol. The molecule has 2 aromatic carbocycles. The standard InChI is InChI=1S/C24H27N3O4/c1-4-17-5-7-18(8-6-17)23(16(2)3)27-22(29)15-31-24(30)19-9-11-20(12-10-19)26-21(28)13-14-25/h5-12,16,23H,4,13,15H2,1-3H3,(H,26,28)(H,27,29)/t23-/m1/s1. The normalized spacial score (nSPS) is 11.3. The molecule has 0 saturated heterocycles. The number of carbonyl (C=O) groups is 3. The van der Waals surface area contributed by atoms with Crippen molar-refractivity contribution in [3.8, 4) is 6.07 Å². The molecule has 0 saturated carbocycles. The van der Waals surface area contributed by atoms with Gasteiger partial charge in [-0.2, -0.15) is 5.26 Å². The van der Waals surface area contributed by atoms with Gasteiger partial charge in [0.15, 0.2) is 6.61 Å². The number of aryl methyl sites for hydroxylation is 1. The highest BCUT2D eigenvalue weighted by atomic mass is 16.5. The zero-order chi connectivity index (χ0) is 22.8. The van der Waals surface area contributed by atoms with E-state index in [9.17, 15) is 14.4 Å². The topological polar surface area (TPSA) is 108 Å². The highest BCUT2D eigenvalue weighted by Crippen LogP contribution is 2.22. The van der Waals surface area contributed by atoms with Crippen molar-refractivity contribution in [1.82, 2.24) is 5.32 Å². The summed E-state index contributed by atoms with van der Waals surface area (Å²) >= 11 is 0. The van der Waals surface area contributed by atoms with Gasteiger partial charge in [-0.1, -0.05) is 45.0 Å². The summed E-state index contributed by atoms with van der Waals surface area (Å²) in [4.78, 5) is 36.0. The van der Waals surface area contributed by atoms with E-state index in [4.69, 9.17) is 10.00 Å². The van der Waals surface area contributed by atoms with E-state index in [0.717, 1.165) is 12.0 Å². The number of ether oxygens (including phenoxy) is 1. The van der Waals surface area contributed by atoms with Gasteiger partial charge in [0, 0.05) is 5.69 Å². The second-order valence-electron chi connectivity index (χ2n) is 7.42. The third kappa shape index (κ3) is 7.27. The molecule has 0 radical (unpaired) electrons. The number of esters is 1. The van der Waals surface area contributed by atoms with Crippen LogP contribution in [0.5, 0.6) is 0 Å². The molecule has 0 aliphatic carbocycles. The SMILES string of the molecule is CCc1ccc([C@H](NC(=O)COC(=O)c2ccc(NC(=O)CC#N)cc2)C(C)C)cc1. The number of hydrogen-bond acceptors (Lipinski definition) is 5. The molecule has 31 heavy (non-hydrogen) atoms. The Balaban J connectivity index is 1.90. The molecule has 2 aromatic rings. The first-order valence-corrected chi connectivity index (χ1v) is 10.2. The Morgan fingerprint density at radius 3 is 2.19 bits per heavy atom. The van der Waals surface area contributed by atoms with Crippen LogP contribution in [0.1, 0.15) is 54.7 Å². The number of benzene rings is 2. The lowest BCUT2D eigenvalue weighted by molar-refractivity contribution is -0.125. The van der Waals surface area contributed by atoms with Gasteiger partial charge in [-0.15, -0.1) is 0 Å². The molecular weight excluding hydrogens is 394 g/mol.